The first-order valence-corrected chi connectivity index (χ1v) is 11.5. The summed E-state index contributed by atoms with van der Waals surface area (Å²) in [6.07, 6.45) is 1.64. The maximum absolute atomic E-state index is 13.8. The largest absolute Gasteiger partial charge is 0.397 e. The fraction of sp³-hybridized carbons (Fsp3) is 0.0769. The van der Waals surface area contributed by atoms with Gasteiger partial charge in [0.25, 0.3) is 11.8 Å². The number of hydrogen-bond donors (Lipinski definition) is 4. The Morgan fingerprint density at radius 1 is 1.15 bits per heavy atom. The van der Waals surface area contributed by atoms with E-state index in [1.54, 1.807) is 37.3 Å². The number of fused-ring (bicyclic) bond motifs is 1. The van der Waals surface area contributed by atoms with E-state index >= 15 is 0 Å². The average molecular weight is 473 g/mol. The molecule has 0 atom stereocenters. The normalized spacial score (nSPS) is 13.7. The smallest absolute Gasteiger partial charge is 0.257 e. The Morgan fingerprint density at radius 3 is 2.74 bits per heavy atom. The highest BCUT2D eigenvalue weighted by Gasteiger charge is 2.26. The number of nitrogen functional groups attached to an aromatic ring is 1. The number of rotatable bonds is 4. The van der Waals surface area contributed by atoms with Crippen molar-refractivity contribution in [2.45, 2.75) is 13.8 Å². The maximum atomic E-state index is 13.8. The fourth-order valence-electron chi connectivity index (χ4n) is 4.15. The summed E-state index contributed by atoms with van der Waals surface area (Å²) in [6.45, 7) is 3.59. The zero-order valence-corrected chi connectivity index (χ0v) is 19.3. The SMILES string of the molecule is Cc1[nH]c(/C=C2\C(=O)Nc3ccc(F)cc32)c(C)c1C(=O)Nc1cc(-c2cccs2)ccc1N. The standard InChI is InChI=1S/C26H21FN4O2S/c1-13-21(12-18-17-11-16(27)6-8-20(17)30-25(18)32)29-14(2)24(13)26(33)31-22-10-15(5-7-19(22)28)23-4-3-9-34-23/h3-12,29H,28H2,1-2H3,(H,30,32)(H,31,33)/b18-12-. The van der Waals surface area contributed by atoms with Crippen molar-refractivity contribution in [2.75, 3.05) is 16.4 Å². The highest BCUT2D eigenvalue weighted by atomic mass is 32.1. The highest BCUT2D eigenvalue weighted by Crippen LogP contribution is 2.35. The molecule has 3 heterocycles. The van der Waals surface area contributed by atoms with Gasteiger partial charge in [-0.2, -0.15) is 0 Å². The Hall–Kier alpha value is -4.17. The van der Waals surface area contributed by atoms with Crippen molar-refractivity contribution in [3.05, 3.63) is 87.8 Å². The summed E-state index contributed by atoms with van der Waals surface area (Å²) in [5.41, 5.74) is 11.8. The van der Waals surface area contributed by atoms with Crippen LogP contribution in [0.2, 0.25) is 0 Å². The van der Waals surface area contributed by atoms with Crippen LogP contribution in [-0.4, -0.2) is 16.8 Å². The number of carbonyl (C=O) groups is 2. The zero-order chi connectivity index (χ0) is 24.0. The second kappa shape index (κ2) is 8.31. The number of benzene rings is 2. The Morgan fingerprint density at radius 2 is 1.97 bits per heavy atom. The van der Waals surface area contributed by atoms with Crippen molar-refractivity contribution in [3.8, 4) is 10.4 Å². The molecule has 0 spiro atoms. The van der Waals surface area contributed by atoms with E-state index in [1.165, 1.54) is 18.2 Å². The first kappa shape index (κ1) is 21.7. The number of thiophene rings is 1. The minimum atomic E-state index is -0.428. The molecule has 0 saturated heterocycles. The molecule has 0 unspecified atom stereocenters. The van der Waals surface area contributed by atoms with E-state index in [9.17, 15) is 14.0 Å². The second-order valence-electron chi connectivity index (χ2n) is 8.10. The number of aryl methyl sites for hydroxylation is 1. The molecule has 0 fully saturated rings. The molecule has 0 saturated carbocycles. The predicted octanol–water partition coefficient (Wildman–Crippen LogP) is 5.83. The van der Waals surface area contributed by atoms with E-state index in [-0.39, 0.29) is 11.8 Å². The molecule has 1 aliphatic rings. The van der Waals surface area contributed by atoms with Gasteiger partial charge in [0.2, 0.25) is 0 Å². The molecule has 0 aliphatic carbocycles. The van der Waals surface area contributed by atoms with Crippen LogP contribution in [0.5, 0.6) is 0 Å². The lowest BCUT2D eigenvalue weighted by Crippen LogP contribution is -2.15. The number of halogens is 1. The predicted molar refractivity (Wildman–Crippen MR) is 135 cm³/mol. The van der Waals surface area contributed by atoms with E-state index in [4.69, 9.17) is 5.73 Å². The zero-order valence-electron chi connectivity index (χ0n) is 18.5. The van der Waals surface area contributed by atoms with Gasteiger partial charge < -0.3 is 21.4 Å². The Balaban J connectivity index is 1.47. The molecule has 2 amide bonds. The average Bonchev–Trinajstić information content (AvgIpc) is 3.50. The van der Waals surface area contributed by atoms with E-state index in [0.717, 1.165) is 10.4 Å². The lowest BCUT2D eigenvalue weighted by Gasteiger charge is -2.10. The molecule has 6 nitrogen and oxygen atoms in total. The molecule has 8 heteroatoms. The first-order valence-electron chi connectivity index (χ1n) is 10.6. The van der Waals surface area contributed by atoms with Crippen LogP contribution >= 0.6 is 11.3 Å². The number of hydrogen-bond acceptors (Lipinski definition) is 4. The van der Waals surface area contributed by atoms with Crippen molar-refractivity contribution in [2.24, 2.45) is 0 Å². The summed E-state index contributed by atoms with van der Waals surface area (Å²) in [5.74, 6) is -1.06. The van der Waals surface area contributed by atoms with Gasteiger partial charge in [0.15, 0.2) is 0 Å². The van der Waals surface area contributed by atoms with E-state index in [1.807, 2.05) is 29.6 Å². The van der Waals surface area contributed by atoms with Crippen LogP contribution in [0.4, 0.5) is 21.5 Å². The van der Waals surface area contributed by atoms with E-state index in [0.29, 0.717) is 50.7 Å². The van der Waals surface area contributed by atoms with Gasteiger partial charge in [0, 0.05) is 27.5 Å². The van der Waals surface area contributed by atoms with Crippen molar-refractivity contribution in [3.63, 3.8) is 0 Å². The quantitative estimate of drug-likeness (QED) is 0.222. The molecule has 1 aliphatic heterocycles. The van der Waals surface area contributed by atoms with Gasteiger partial charge in [0.1, 0.15) is 5.82 Å². The van der Waals surface area contributed by atoms with Gasteiger partial charge in [-0.3, -0.25) is 9.59 Å². The highest BCUT2D eigenvalue weighted by molar-refractivity contribution is 7.13. The first-order chi connectivity index (χ1) is 16.3. The number of aromatic amines is 1. The fourth-order valence-corrected chi connectivity index (χ4v) is 4.88. The lowest BCUT2D eigenvalue weighted by atomic mass is 10.0. The van der Waals surface area contributed by atoms with Crippen molar-refractivity contribution in [1.29, 1.82) is 0 Å². The third kappa shape index (κ3) is 3.78. The van der Waals surface area contributed by atoms with Gasteiger partial charge >= 0.3 is 0 Å². The van der Waals surface area contributed by atoms with Gasteiger partial charge in [0.05, 0.1) is 22.5 Å². The van der Waals surface area contributed by atoms with Crippen LogP contribution in [0.25, 0.3) is 22.1 Å². The Bertz CT molecular complexity index is 1480. The van der Waals surface area contributed by atoms with Crippen LogP contribution in [-0.2, 0) is 4.79 Å². The number of anilines is 3. The molecular formula is C26H21FN4O2S. The topological polar surface area (TPSA) is 100 Å². The van der Waals surface area contributed by atoms with Crippen molar-refractivity contribution >= 4 is 51.9 Å². The summed E-state index contributed by atoms with van der Waals surface area (Å²) in [5, 5.41) is 7.64. The molecule has 5 rings (SSSR count). The van der Waals surface area contributed by atoms with Crippen molar-refractivity contribution < 1.29 is 14.0 Å². The minimum absolute atomic E-state index is 0.312. The summed E-state index contributed by atoms with van der Waals surface area (Å²) in [7, 11) is 0. The van der Waals surface area contributed by atoms with E-state index < -0.39 is 5.82 Å². The second-order valence-corrected chi connectivity index (χ2v) is 9.05. The number of nitrogens with one attached hydrogen (secondary N) is 3. The Labute approximate surface area is 199 Å². The molecule has 34 heavy (non-hydrogen) atoms. The number of carbonyl (C=O) groups excluding carboxylic acids is 2. The van der Waals surface area contributed by atoms with Crippen LogP contribution in [0.1, 0.15) is 32.9 Å². The summed E-state index contributed by atoms with van der Waals surface area (Å²) >= 11 is 1.60. The monoisotopic (exact) mass is 472 g/mol. The number of H-pyrrole nitrogens is 1. The minimum Gasteiger partial charge on any atom is -0.397 e. The van der Waals surface area contributed by atoms with Gasteiger partial charge in [-0.05, 0) is 72.8 Å². The summed E-state index contributed by atoms with van der Waals surface area (Å²) in [4.78, 5) is 30.0. The number of aromatic nitrogens is 1. The molecule has 5 N–H and O–H groups in total. The molecule has 170 valence electrons. The molecule has 2 aromatic carbocycles. The third-order valence-corrected chi connectivity index (χ3v) is 6.78. The van der Waals surface area contributed by atoms with Gasteiger partial charge in [-0.1, -0.05) is 12.1 Å². The van der Waals surface area contributed by atoms with E-state index in [2.05, 4.69) is 15.6 Å². The Kier molecular flexibility index (Phi) is 5.30. The molecule has 0 radical (unpaired) electrons. The molecule has 4 aromatic rings. The molecular weight excluding hydrogens is 451 g/mol. The van der Waals surface area contributed by atoms with Gasteiger partial charge in [-0.15, -0.1) is 11.3 Å². The van der Waals surface area contributed by atoms with Crippen LogP contribution in [0.15, 0.2) is 53.9 Å². The summed E-state index contributed by atoms with van der Waals surface area (Å²) < 4.78 is 13.8. The van der Waals surface area contributed by atoms with Crippen molar-refractivity contribution in [1.82, 2.24) is 4.98 Å². The van der Waals surface area contributed by atoms with Gasteiger partial charge in [-0.25, -0.2) is 4.39 Å². The molecule has 0 bridgehead atoms. The van der Waals surface area contributed by atoms with Crippen LogP contribution in [0.3, 0.4) is 0 Å². The van der Waals surface area contributed by atoms with Crippen LogP contribution < -0.4 is 16.4 Å². The third-order valence-electron chi connectivity index (χ3n) is 5.86. The lowest BCUT2D eigenvalue weighted by molar-refractivity contribution is -0.110. The summed E-state index contributed by atoms with van der Waals surface area (Å²) in [6, 6.07) is 13.7. The van der Waals surface area contributed by atoms with Crippen LogP contribution in [0, 0.1) is 19.7 Å². The maximum Gasteiger partial charge on any atom is 0.257 e. The molecule has 2 aromatic heterocycles. The number of nitrogens with two attached hydrogens (primary N) is 1. The number of amides is 2.